The third-order valence-corrected chi connectivity index (χ3v) is 3.75. The number of carbonyl (C=O) groups is 1. The van der Waals surface area contributed by atoms with Crippen molar-refractivity contribution in [2.24, 2.45) is 0 Å². The van der Waals surface area contributed by atoms with Crippen LogP contribution in [0, 0.1) is 0 Å². The number of aromatic nitrogens is 3. The Kier molecular flexibility index (Phi) is 4.26. The Morgan fingerprint density at radius 1 is 1.58 bits per heavy atom. The SMILES string of the molecule is CCn1c(SC(C)C(=O)NC)nnc1-c1ccco1. The van der Waals surface area contributed by atoms with E-state index in [1.807, 2.05) is 30.5 Å². The molecule has 1 atom stereocenters. The summed E-state index contributed by atoms with van der Waals surface area (Å²) in [5.74, 6) is 1.32. The first-order valence-electron chi connectivity index (χ1n) is 6.02. The van der Waals surface area contributed by atoms with Crippen LogP contribution in [0.4, 0.5) is 0 Å². The van der Waals surface area contributed by atoms with Crippen LogP contribution >= 0.6 is 11.8 Å². The summed E-state index contributed by atoms with van der Waals surface area (Å²) in [7, 11) is 1.62. The van der Waals surface area contributed by atoms with Gasteiger partial charge in [-0.05, 0) is 26.0 Å². The molecule has 7 heteroatoms. The number of nitrogens with one attached hydrogen (secondary N) is 1. The number of rotatable bonds is 5. The van der Waals surface area contributed by atoms with Gasteiger partial charge < -0.3 is 9.73 Å². The number of amides is 1. The van der Waals surface area contributed by atoms with Crippen LogP contribution in [-0.2, 0) is 11.3 Å². The van der Waals surface area contributed by atoms with E-state index in [0.29, 0.717) is 23.3 Å². The first-order valence-corrected chi connectivity index (χ1v) is 6.90. The summed E-state index contributed by atoms with van der Waals surface area (Å²) in [6.07, 6.45) is 1.60. The predicted molar refractivity (Wildman–Crippen MR) is 72.8 cm³/mol. The third kappa shape index (κ3) is 2.81. The van der Waals surface area contributed by atoms with Gasteiger partial charge in [0.1, 0.15) is 0 Å². The zero-order valence-electron chi connectivity index (χ0n) is 11.1. The fourth-order valence-electron chi connectivity index (χ4n) is 1.66. The van der Waals surface area contributed by atoms with Crippen molar-refractivity contribution >= 4 is 17.7 Å². The van der Waals surface area contributed by atoms with Gasteiger partial charge in [-0.2, -0.15) is 0 Å². The maximum atomic E-state index is 11.5. The van der Waals surface area contributed by atoms with E-state index in [1.54, 1.807) is 13.3 Å². The van der Waals surface area contributed by atoms with Crippen molar-refractivity contribution < 1.29 is 9.21 Å². The van der Waals surface area contributed by atoms with Crippen LogP contribution in [0.5, 0.6) is 0 Å². The van der Waals surface area contributed by atoms with Crippen LogP contribution in [-0.4, -0.2) is 33.0 Å². The lowest BCUT2D eigenvalue weighted by atomic mass is 10.4. The fourth-order valence-corrected chi connectivity index (χ4v) is 2.64. The summed E-state index contributed by atoms with van der Waals surface area (Å²) in [5, 5.41) is 11.4. The molecule has 102 valence electrons. The molecule has 0 aliphatic heterocycles. The highest BCUT2D eigenvalue weighted by Crippen LogP contribution is 2.26. The number of carbonyl (C=O) groups excluding carboxylic acids is 1. The Labute approximate surface area is 115 Å². The van der Waals surface area contributed by atoms with Crippen LogP contribution in [0.25, 0.3) is 11.6 Å². The molecule has 0 saturated carbocycles. The second-order valence-corrected chi connectivity index (χ2v) is 5.21. The van der Waals surface area contributed by atoms with Gasteiger partial charge in [0.25, 0.3) is 0 Å². The van der Waals surface area contributed by atoms with E-state index < -0.39 is 0 Å². The number of hydrogen-bond donors (Lipinski definition) is 1. The molecule has 2 aromatic heterocycles. The highest BCUT2D eigenvalue weighted by molar-refractivity contribution is 8.00. The second-order valence-electron chi connectivity index (χ2n) is 3.90. The molecule has 0 saturated heterocycles. The molecule has 0 aromatic carbocycles. The molecule has 1 unspecified atom stereocenters. The van der Waals surface area contributed by atoms with Crippen molar-refractivity contribution in [1.82, 2.24) is 20.1 Å². The number of hydrogen-bond acceptors (Lipinski definition) is 5. The van der Waals surface area contributed by atoms with Crippen molar-refractivity contribution in [3.63, 3.8) is 0 Å². The van der Waals surface area contributed by atoms with Crippen LogP contribution in [0.1, 0.15) is 13.8 Å². The molecule has 0 bridgehead atoms. The number of thioether (sulfide) groups is 1. The first kappa shape index (κ1) is 13.7. The van der Waals surface area contributed by atoms with E-state index >= 15 is 0 Å². The van der Waals surface area contributed by atoms with E-state index in [4.69, 9.17) is 4.42 Å². The molecule has 2 aromatic rings. The summed E-state index contributed by atoms with van der Waals surface area (Å²) >= 11 is 1.38. The fraction of sp³-hybridized carbons (Fsp3) is 0.417. The van der Waals surface area contributed by atoms with Gasteiger partial charge >= 0.3 is 0 Å². The van der Waals surface area contributed by atoms with E-state index in [9.17, 15) is 4.79 Å². The number of nitrogens with zero attached hydrogens (tertiary/aromatic N) is 3. The summed E-state index contributed by atoms with van der Waals surface area (Å²) in [6.45, 7) is 4.56. The Morgan fingerprint density at radius 3 is 2.95 bits per heavy atom. The molecule has 0 aliphatic carbocycles. The standard InChI is InChI=1S/C12H16N4O2S/c1-4-16-10(9-6-5-7-18-9)14-15-12(16)19-8(2)11(17)13-3/h5-8H,4H2,1-3H3,(H,13,17). The average molecular weight is 280 g/mol. The lowest BCUT2D eigenvalue weighted by Gasteiger charge is -2.10. The van der Waals surface area contributed by atoms with Gasteiger partial charge in [0.05, 0.1) is 11.5 Å². The average Bonchev–Trinajstić information content (AvgIpc) is 3.05. The van der Waals surface area contributed by atoms with Crippen molar-refractivity contribution in [3.8, 4) is 11.6 Å². The van der Waals surface area contributed by atoms with E-state index in [1.165, 1.54) is 11.8 Å². The van der Waals surface area contributed by atoms with Crippen LogP contribution in [0.15, 0.2) is 28.0 Å². The molecule has 19 heavy (non-hydrogen) atoms. The Balaban J connectivity index is 2.25. The third-order valence-electron chi connectivity index (χ3n) is 2.67. The summed E-state index contributed by atoms with van der Waals surface area (Å²) in [5.41, 5.74) is 0. The molecule has 2 heterocycles. The molecule has 2 rings (SSSR count). The van der Waals surface area contributed by atoms with Gasteiger partial charge in [-0.3, -0.25) is 9.36 Å². The Hall–Kier alpha value is -1.76. The summed E-state index contributed by atoms with van der Waals surface area (Å²) in [4.78, 5) is 11.5. The smallest absolute Gasteiger partial charge is 0.233 e. The predicted octanol–water partition coefficient (Wildman–Crippen LogP) is 1.78. The first-order chi connectivity index (χ1) is 9.17. The van der Waals surface area contributed by atoms with E-state index in [0.717, 1.165) is 0 Å². The minimum absolute atomic E-state index is 0.0322. The number of furan rings is 1. The largest absolute Gasteiger partial charge is 0.461 e. The molecule has 0 radical (unpaired) electrons. The van der Waals surface area contributed by atoms with Gasteiger partial charge in [0.2, 0.25) is 5.91 Å². The van der Waals surface area contributed by atoms with Gasteiger partial charge in [0, 0.05) is 13.6 Å². The molecule has 0 fully saturated rings. The van der Waals surface area contributed by atoms with Gasteiger partial charge in [-0.15, -0.1) is 10.2 Å². The van der Waals surface area contributed by atoms with Gasteiger partial charge in [-0.1, -0.05) is 11.8 Å². The lowest BCUT2D eigenvalue weighted by molar-refractivity contribution is -0.119. The van der Waals surface area contributed by atoms with Crippen molar-refractivity contribution in [1.29, 1.82) is 0 Å². The minimum atomic E-state index is -0.219. The molecular formula is C12H16N4O2S. The molecule has 0 aliphatic rings. The topological polar surface area (TPSA) is 73.0 Å². The monoisotopic (exact) mass is 280 g/mol. The zero-order valence-corrected chi connectivity index (χ0v) is 11.9. The van der Waals surface area contributed by atoms with Gasteiger partial charge in [0.15, 0.2) is 16.7 Å². The summed E-state index contributed by atoms with van der Waals surface area (Å²) in [6, 6.07) is 3.65. The highest BCUT2D eigenvalue weighted by atomic mass is 32.2. The molecule has 6 nitrogen and oxygen atoms in total. The normalized spacial score (nSPS) is 12.4. The van der Waals surface area contributed by atoms with Crippen LogP contribution in [0.3, 0.4) is 0 Å². The summed E-state index contributed by atoms with van der Waals surface area (Å²) < 4.78 is 7.27. The second kappa shape index (κ2) is 5.92. The highest BCUT2D eigenvalue weighted by Gasteiger charge is 2.20. The minimum Gasteiger partial charge on any atom is -0.461 e. The lowest BCUT2D eigenvalue weighted by Crippen LogP contribution is -2.27. The van der Waals surface area contributed by atoms with Gasteiger partial charge in [-0.25, -0.2) is 0 Å². The van der Waals surface area contributed by atoms with Crippen molar-refractivity contribution in [2.75, 3.05) is 7.05 Å². The Morgan fingerprint density at radius 2 is 2.37 bits per heavy atom. The van der Waals surface area contributed by atoms with Crippen molar-refractivity contribution in [2.45, 2.75) is 30.8 Å². The molecule has 1 amide bonds. The van der Waals surface area contributed by atoms with Crippen molar-refractivity contribution in [3.05, 3.63) is 18.4 Å². The van der Waals surface area contributed by atoms with Crippen LogP contribution < -0.4 is 5.32 Å². The molecule has 1 N–H and O–H groups in total. The maximum absolute atomic E-state index is 11.5. The quantitative estimate of drug-likeness (QED) is 0.845. The zero-order chi connectivity index (χ0) is 13.8. The van der Waals surface area contributed by atoms with Crippen LogP contribution in [0.2, 0.25) is 0 Å². The van der Waals surface area contributed by atoms with E-state index in [2.05, 4.69) is 15.5 Å². The molecule has 0 spiro atoms. The molecular weight excluding hydrogens is 264 g/mol. The Bertz CT molecular complexity index is 550. The maximum Gasteiger partial charge on any atom is 0.233 e. The van der Waals surface area contributed by atoms with E-state index in [-0.39, 0.29) is 11.2 Å².